The number of hydrogen-bond acceptors (Lipinski definition) is 6. The standard InChI is InChI=1S/C26H23FN4O3/c1-33-23-7-2-3-8-24(23)34-16-15-28-26(32)18-9-11-21(12-10-18)29-25-14-13-22(30-31-25)19-5-4-6-20(27)17-19/h2-14,17H,15-16H2,1H3,(H,28,32)(H,29,31). The fourth-order valence-electron chi connectivity index (χ4n) is 3.22. The number of methoxy groups -OCH3 is 1. The summed E-state index contributed by atoms with van der Waals surface area (Å²) in [7, 11) is 1.58. The second kappa shape index (κ2) is 10.9. The summed E-state index contributed by atoms with van der Waals surface area (Å²) in [5.74, 6) is 1.28. The number of carbonyl (C=O) groups excluding carboxylic acids is 1. The van der Waals surface area contributed by atoms with Crippen molar-refractivity contribution in [1.29, 1.82) is 0 Å². The number of amides is 1. The van der Waals surface area contributed by atoms with Crippen molar-refractivity contribution in [3.63, 3.8) is 0 Å². The van der Waals surface area contributed by atoms with Crippen LogP contribution in [0.5, 0.6) is 11.5 Å². The van der Waals surface area contributed by atoms with E-state index in [2.05, 4.69) is 20.8 Å². The Balaban J connectivity index is 1.27. The maximum Gasteiger partial charge on any atom is 0.251 e. The first-order valence-electron chi connectivity index (χ1n) is 10.6. The molecule has 8 heteroatoms. The van der Waals surface area contributed by atoms with Gasteiger partial charge in [0.25, 0.3) is 5.91 Å². The molecule has 0 unspecified atom stereocenters. The normalized spacial score (nSPS) is 10.4. The van der Waals surface area contributed by atoms with Crippen molar-refractivity contribution in [3.8, 4) is 22.8 Å². The first kappa shape index (κ1) is 22.7. The highest BCUT2D eigenvalue weighted by atomic mass is 19.1. The number of hydrogen-bond donors (Lipinski definition) is 2. The Bertz CT molecular complexity index is 1250. The predicted molar refractivity (Wildman–Crippen MR) is 128 cm³/mol. The molecule has 0 saturated carbocycles. The van der Waals surface area contributed by atoms with Crippen molar-refractivity contribution in [3.05, 3.63) is 96.3 Å². The van der Waals surface area contributed by atoms with Gasteiger partial charge in [0, 0.05) is 16.8 Å². The lowest BCUT2D eigenvalue weighted by Gasteiger charge is -2.11. The zero-order valence-corrected chi connectivity index (χ0v) is 18.5. The Morgan fingerprint density at radius 2 is 1.71 bits per heavy atom. The van der Waals surface area contributed by atoms with Crippen molar-refractivity contribution >= 4 is 17.4 Å². The lowest BCUT2D eigenvalue weighted by molar-refractivity contribution is 0.0947. The van der Waals surface area contributed by atoms with Crippen molar-refractivity contribution in [2.75, 3.05) is 25.6 Å². The van der Waals surface area contributed by atoms with Crippen LogP contribution in [-0.2, 0) is 0 Å². The molecule has 172 valence electrons. The van der Waals surface area contributed by atoms with Crippen LogP contribution in [0.1, 0.15) is 10.4 Å². The number of benzene rings is 3. The summed E-state index contributed by atoms with van der Waals surface area (Å²) in [5.41, 5.74) is 2.51. The average Bonchev–Trinajstić information content (AvgIpc) is 2.87. The van der Waals surface area contributed by atoms with Crippen LogP contribution >= 0.6 is 0 Å². The van der Waals surface area contributed by atoms with Crippen molar-refractivity contribution in [2.24, 2.45) is 0 Å². The third-order valence-corrected chi connectivity index (χ3v) is 4.92. The van der Waals surface area contributed by atoms with E-state index < -0.39 is 0 Å². The fourth-order valence-corrected chi connectivity index (χ4v) is 3.22. The number of carbonyl (C=O) groups is 1. The maximum absolute atomic E-state index is 13.4. The molecule has 1 amide bonds. The molecule has 3 aromatic carbocycles. The van der Waals surface area contributed by atoms with Gasteiger partial charge in [-0.05, 0) is 60.7 Å². The third kappa shape index (κ3) is 5.86. The molecule has 4 aromatic rings. The number of nitrogens with one attached hydrogen (secondary N) is 2. The van der Waals surface area contributed by atoms with E-state index in [1.165, 1.54) is 12.1 Å². The summed E-state index contributed by atoms with van der Waals surface area (Å²) < 4.78 is 24.3. The summed E-state index contributed by atoms with van der Waals surface area (Å²) >= 11 is 0. The van der Waals surface area contributed by atoms with E-state index in [0.29, 0.717) is 47.3 Å². The van der Waals surface area contributed by atoms with Gasteiger partial charge in [-0.3, -0.25) is 4.79 Å². The minimum absolute atomic E-state index is 0.200. The molecule has 2 N–H and O–H groups in total. The van der Waals surface area contributed by atoms with E-state index >= 15 is 0 Å². The fraction of sp³-hybridized carbons (Fsp3) is 0.115. The van der Waals surface area contributed by atoms with Crippen LogP contribution in [-0.4, -0.2) is 36.4 Å². The van der Waals surface area contributed by atoms with Crippen molar-refractivity contribution in [1.82, 2.24) is 15.5 Å². The molecule has 0 saturated heterocycles. The van der Waals surface area contributed by atoms with Crippen LogP contribution in [0, 0.1) is 5.82 Å². The van der Waals surface area contributed by atoms with E-state index in [0.717, 1.165) is 5.69 Å². The number of aromatic nitrogens is 2. The van der Waals surface area contributed by atoms with Crippen LogP contribution in [0.4, 0.5) is 15.9 Å². The van der Waals surface area contributed by atoms with Gasteiger partial charge in [0.05, 0.1) is 19.3 Å². The minimum atomic E-state index is -0.324. The molecule has 7 nitrogen and oxygen atoms in total. The molecule has 4 rings (SSSR count). The number of anilines is 2. The molecule has 0 aliphatic rings. The molecule has 0 spiro atoms. The summed E-state index contributed by atoms with van der Waals surface area (Å²) in [6, 6.07) is 24.0. The second-order valence-corrected chi connectivity index (χ2v) is 7.27. The van der Waals surface area contributed by atoms with Gasteiger partial charge >= 0.3 is 0 Å². The van der Waals surface area contributed by atoms with E-state index in [1.807, 2.05) is 24.3 Å². The van der Waals surface area contributed by atoms with Gasteiger partial charge in [0.2, 0.25) is 0 Å². The molecule has 0 fully saturated rings. The van der Waals surface area contributed by atoms with E-state index in [-0.39, 0.29) is 11.7 Å². The molecule has 1 aromatic heterocycles. The van der Waals surface area contributed by atoms with Crippen molar-refractivity contribution < 1.29 is 18.7 Å². The monoisotopic (exact) mass is 458 g/mol. The second-order valence-electron chi connectivity index (χ2n) is 7.27. The molecule has 0 atom stereocenters. The Morgan fingerprint density at radius 1 is 0.912 bits per heavy atom. The zero-order chi connectivity index (χ0) is 23.8. The van der Waals surface area contributed by atoms with Gasteiger partial charge in [-0.1, -0.05) is 24.3 Å². The highest BCUT2D eigenvalue weighted by Gasteiger charge is 2.07. The molecule has 34 heavy (non-hydrogen) atoms. The van der Waals surface area contributed by atoms with Crippen LogP contribution in [0.2, 0.25) is 0 Å². The van der Waals surface area contributed by atoms with Gasteiger partial charge in [-0.2, -0.15) is 0 Å². The molecular formula is C26H23FN4O3. The first-order chi connectivity index (χ1) is 16.6. The maximum atomic E-state index is 13.4. The Morgan fingerprint density at radius 3 is 2.41 bits per heavy atom. The van der Waals surface area contributed by atoms with Crippen molar-refractivity contribution in [2.45, 2.75) is 0 Å². The molecular weight excluding hydrogens is 435 g/mol. The van der Waals surface area contributed by atoms with Crippen LogP contribution in [0.3, 0.4) is 0 Å². The van der Waals surface area contributed by atoms with Gasteiger partial charge in [-0.15, -0.1) is 10.2 Å². The molecule has 0 radical (unpaired) electrons. The van der Waals surface area contributed by atoms with Crippen LogP contribution in [0.25, 0.3) is 11.3 Å². The highest BCUT2D eigenvalue weighted by molar-refractivity contribution is 5.94. The Labute approximate surface area is 196 Å². The topological polar surface area (TPSA) is 85.4 Å². The molecule has 1 heterocycles. The number of para-hydroxylation sites is 2. The van der Waals surface area contributed by atoms with Crippen LogP contribution in [0.15, 0.2) is 84.9 Å². The molecule has 0 bridgehead atoms. The lowest BCUT2D eigenvalue weighted by Crippen LogP contribution is -2.28. The van der Waals surface area contributed by atoms with Gasteiger partial charge < -0.3 is 20.1 Å². The number of halogens is 1. The Kier molecular flexibility index (Phi) is 7.29. The predicted octanol–water partition coefficient (Wildman–Crippen LogP) is 4.84. The molecule has 0 aliphatic heterocycles. The average molecular weight is 458 g/mol. The largest absolute Gasteiger partial charge is 0.493 e. The summed E-state index contributed by atoms with van der Waals surface area (Å²) in [5, 5.41) is 14.2. The number of nitrogens with zero attached hydrogens (tertiary/aromatic N) is 2. The smallest absolute Gasteiger partial charge is 0.251 e. The summed E-state index contributed by atoms with van der Waals surface area (Å²) in [6.45, 7) is 0.667. The van der Waals surface area contributed by atoms with E-state index in [4.69, 9.17) is 9.47 Å². The van der Waals surface area contributed by atoms with E-state index in [9.17, 15) is 9.18 Å². The zero-order valence-electron chi connectivity index (χ0n) is 18.5. The van der Waals surface area contributed by atoms with E-state index in [1.54, 1.807) is 55.6 Å². The van der Waals surface area contributed by atoms with Crippen LogP contribution < -0.4 is 20.1 Å². The highest BCUT2D eigenvalue weighted by Crippen LogP contribution is 2.25. The Hall–Kier alpha value is -4.46. The first-order valence-corrected chi connectivity index (χ1v) is 10.6. The van der Waals surface area contributed by atoms with Gasteiger partial charge in [-0.25, -0.2) is 4.39 Å². The quantitative estimate of drug-likeness (QED) is 0.349. The minimum Gasteiger partial charge on any atom is -0.493 e. The third-order valence-electron chi connectivity index (χ3n) is 4.92. The lowest BCUT2D eigenvalue weighted by atomic mass is 10.1. The molecule has 0 aliphatic carbocycles. The SMILES string of the molecule is COc1ccccc1OCCNC(=O)c1ccc(Nc2ccc(-c3cccc(F)c3)nn2)cc1. The summed E-state index contributed by atoms with van der Waals surface area (Å²) in [4.78, 5) is 12.4. The summed E-state index contributed by atoms with van der Waals surface area (Å²) in [6.07, 6.45) is 0. The number of rotatable bonds is 9. The number of ether oxygens (including phenoxy) is 2. The van der Waals surface area contributed by atoms with Gasteiger partial charge in [0.1, 0.15) is 12.4 Å². The van der Waals surface area contributed by atoms with Gasteiger partial charge in [0.15, 0.2) is 17.3 Å².